The zero-order valence-corrected chi connectivity index (χ0v) is 13.4. The first-order valence-electron chi connectivity index (χ1n) is 7.73. The van der Waals surface area contributed by atoms with Gasteiger partial charge in [0.1, 0.15) is 0 Å². The molecule has 1 aromatic rings. The number of rotatable bonds is 3. The molecule has 0 aromatic heterocycles. The van der Waals surface area contributed by atoms with Gasteiger partial charge in [-0.2, -0.15) is 0 Å². The van der Waals surface area contributed by atoms with Crippen LogP contribution in [0.15, 0.2) is 24.3 Å². The maximum atomic E-state index is 12.6. The first-order valence-corrected chi connectivity index (χ1v) is 8.10. The summed E-state index contributed by atoms with van der Waals surface area (Å²) in [6.45, 7) is 1.29. The minimum Gasteiger partial charge on any atom is -0.469 e. The van der Waals surface area contributed by atoms with E-state index < -0.39 is 0 Å². The molecule has 22 heavy (non-hydrogen) atoms. The molecule has 118 valence electrons. The quantitative estimate of drug-likeness (QED) is 0.804. The van der Waals surface area contributed by atoms with Gasteiger partial charge in [0.15, 0.2) is 0 Å². The predicted octanol–water partition coefficient (Wildman–Crippen LogP) is 2.86. The average Bonchev–Trinajstić information content (AvgIpc) is 3.34. The molecule has 2 unspecified atom stereocenters. The number of carbonyl (C=O) groups excluding carboxylic acids is 2. The topological polar surface area (TPSA) is 46.6 Å². The summed E-state index contributed by atoms with van der Waals surface area (Å²) in [5, 5.41) is 0.743. The van der Waals surface area contributed by atoms with Gasteiger partial charge in [-0.15, -0.1) is 0 Å². The van der Waals surface area contributed by atoms with Crippen molar-refractivity contribution in [2.45, 2.75) is 25.2 Å². The minimum absolute atomic E-state index is 0.0505. The zero-order chi connectivity index (χ0) is 15.7. The lowest BCUT2D eigenvalue weighted by molar-refractivity contribution is -0.149. The van der Waals surface area contributed by atoms with Crippen molar-refractivity contribution in [1.82, 2.24) is 4.90 Å². The molecule has 2 atom stereocenters. The number of piperidine rings is 1. The third-order valence-electron chi connectivity index (χ3n) is 4.75. The number of hydrogen-bond acceptors (Lipinski definition) is 3. The van der Waals surface area contributed by atoms with Crippen LogP contribution in [0.2, 0.25) is 5.02 Å². The monoisotopic (exact) mass is 321 g/mol. The Balaban J connectivity index is 1.56. The first kappa shape index (κ1) is 15.3. The number of likely N-dealkylation sites (tertiary alicyclic amines) is 1. The number of benzene rings is 1. The van der Waals surface area contributed by atoms with Crippen molar-refractivity contribution in [2.24, 2.45) is 11.8 Å². The van der Waals surface area contributed by atoms with Crippen LogP contribution in [0.5, 0.6) is 0 Å². The molecular formula is C17H20ClNO3. The maximum Gasteiger partial charge on any atom is 0.308 e. The Morgan fingerprint density at radius 1 is 1.23 bits per heavy atom. The van der Waals surface area contributed by atoms with E-state index >= 15 is 0 Å². The van der Waals surface area contributed by atoms with Crippen LogP contribution in [0, 0.1) is 11.8 Å². The number of methoxy groups -OCH3 is 1. The number of esters is 1. The van der Waals surface area contributed by atoms with Crippen molar-refractivity contribution < 1.29 is 14.3 Å². The molecule has 0 spiro atoms. The van der Waals surface area contributed by atoms with Crippen LogP contribution < -0.4 is 0 Å². The smallest absolute Gasteiger partial charge is 0.308 e. The van der Waals surface area contributed by atoms with E-state index in [0.29, 0.717) is 25.9 Å². The van der Waals surface area contributed by atoms with Gasteiger partial charge in [-0.1, -0.05) is 29.8 Å². The van der Waals surface area contributed by atoms with Crippen molar-refractivity contribution in [3.8, 4) is 0 Å². The SMILES string of the molecule is COC(=O)C1CCN(C(=O)C2CC2c2ccccc2Cl)CC1. The Hall–Kier alpha value is -1.55. The van der Waals surface area contributed by atoms with E-state index in [0.717, 1.165) is 17.0 Å². The molecule has 1 heterocycles. The van der Waals surface area contributed by atoms with Crippen molar-refractivity contribution in [3.63, 3.8) is 0 Å². The normalized spacial score (nSPS) is 24.9. The fourth-order valence-electron chi connectivity index (χ4n) is 3.32. The van der Waals surface area contributed by atoms with E-state index in [2.05, 4.69) is 0 Å². The van der Waals surface area contributed by atoms with E-state index in [-0.39, 0.29) is 29.6 Å². The number of ether oxygens (including phenoxy) is 1. The molecule has 1 saturated carbocycles. The fraction of sp³-hybridized carbons (Fsp3) is 0.529. The summed E-state index contributed by atoms with van der Waals surface area (Å²) in [6.07, 6.45) is 2.27. The molecule has 1 amide bonds. The highest BCUT2D eigenvalue weighted by atomic mass is 35.5. The van der Waals surface area contributed by atoms with Gasteiger partial charge < -0.3 is 9.64 Å². The maximum absolute atomic E-state index is 12.6. The highest BCUT2D eigenvalue weighted by molar-refractivity contribution is 6.31. The van der Waals surface area contributed by atoms with E-state index in [9.17, 15) is 9.59 Å². The molecule has 5 heteroatoms. The van der Waals surface area contributed by atoms with Gasteiger partial charge in [0.25, 0.3) is 0 Å². The standard InChI is InChI=1S/C17H20ClNO3/c1-22-17(21)11-6-8-19(9-7-11)16(20)14-10-13(14)12-4-2-3-5-15(12)18/h2-5,11,13-14H,6-10H2,1H3. The second kappa shape index (κ2) is 6.29. The number of nitrogens with zero attached hydrogens (tertiary/aromatic N) is 1. The summed E-state index contributed by atoms with van der Waals surface area (Å²) in [7, 11) is 1.41. The molecule has 1 aliphatic heterocycles. The summed E-state index contributed by atoms with van der Waals surface area (Å²) in [5.41, 5.74) is 1.08. The summed E-state index contributed by atoms with van der Waals surface area (Å²) in [6, 6.07) is 7.74. The van der Waals surface area contributed by atoms with Crippen molar-refractivity contribution in [1.29, 1.82) is 0 Å². The zero-order valence-electron chi connectivity index (χ0n) is 12.6. The van der Waals surface area contributed by atoms with Crippen LogP contribution in [0.3, 0.4) is 0 Å². The number of halogens is 1. The largest absolute Gasteiger partial charge is 0.469 e. The molecule has 2 fully saturated rings. The lowest BCUT2D eigenvalue weighted by Crippen LogP contribution is -2.41. The van der Waals surface area contributed by atoms with Gasteiger partial charge >= 0.3 is 5.97 Å². The Bertz CT molecular complexity index is 581. The van der Waals surface area contributed by atoms with E-state index in [1.165, 1.54) is 7.11 Å². The van der Waals surface area contributed by atoms with E-state index in [1.807, 2.05) is 29.2 Å². The van der Waals surface area contributed by atoms with Crippen molar-refractivity contribution in [3.05, 3.63) is 34.9 Å². The Morgan fingerprint density at radius 3 is 2.55 bits per heavy atom. The van der Waals surface area contributed by atoms with Crippen LogP contribution in [0.4, 0.5) is 0 Å². The second-order valence-electron chi connectivity index (χ2n) is 6.09. The van der Waals surface area contributed by atoms with Gasteiger partial charge in [0.05, 0.1) is 13.0 Å². The summed E-state index contributed by atoms with van der Waals surface area (Å²) in [4.78, 5) is 26.0. The number of carbonyl (C=O) groups is 2. The molecule has 0 bridgehead atoms. The van der Waals surface area contributed by atoms with Gasteiger partial charge in [0, 0.05) is 24.0 Å². The Kier molecular flexibility index (Phi) is 4.39. The molecule has 1 saturated heterocycles. The summed E-state index contributed by atoms with van der Waals surface area (Å²) < 4.78 is 4.78. The van der Waals surface area contributed by atoms with Crippen molar-refractivity contribution >= 4 is 23.5 Å². The molecule has 0 N–H and O–H groups in total. The molecule has 1 aromatic carbocycles. The molecule has 2 aliphatic rings. The second-order valence-corrected chi connectivity index (χ2v) is 6.50. The van der Waals surface area contributed by atoms with Gasteiger partial charge in [-0.3, -0.25) is 9.59 Å². The first-order chi connectivity index (χ1) is 10.6. The molecular weight excluding hydrogens is 302 g/mol. The fourth-order valence-corrected chi connectivity index (χ4v) is 3.60. The van der Waals surface area contributed by atoms with Gasteiger partial charge in [0.2, 0.25) is 5.91 Å². The summed E-state index contributed by atoms with van der Waals surface area (Å²) in [5.74, 6) is 0.280. The number of amides is 1. The molecule has 0 radical (unpaired) electrons. The third kappa shape index (κ3) is 2.98. The van der Waals surface area contributed by atoms with Crippen LogP contribution in [0.1, 0.15) is 30.7 Å². The number of hydrogen-bond donors (Lipinski definition) is 0. The Labute approximate surface area is 135 Å². The van der Waals surface area contributed by atoms with Crippen LogP contribution in [0.25, 0.3) is 0 Å². The van der Waals surface area contributed by atoms with Gasteiger partial charge in [-0.05, 0) is 36.8 Å². The lowest BCUT2D eigenvalue weighted by Gasteiger charge is -2.31. The van der Waals surface area contributed by atoms with E-state index in [4.69, 9.17) is 16.3 Å². The molecule has 3 rings (SSSR count). The highest BCUT2D eigenvalue weighted by Crippen LogP contribution is 2.50. The third-order valence-corrected chi connectivity index (χ3v) is 5.10. The summed E-state index contributed by atoms with van der Waals surface area (Å²) >= 11 is 6.21. The predicted molar refractivity (Wildman–Crippen MR) is 83.6 cm³/mol. The minimum atomic E-state index is -0.160. The highest BCUT2D eigenvalue weighted by Gasteiger charge is 2.47. The molecule has 4 nitrogen and oxygen atoms in total. The Morgan fingerprint density at radius 2 is 1.91 bits per heavy atom. The average molecular weight is 322 g/mol. The lowest BCUT2D eigenvalue weighted by atomic mass is 9.96. The van der Waals surface area contributed by atoms with Crippen LogP contribution >= 0.6 is 11.6 Å². The van der Waals surface area contributed by atoms with Gasteiger partial charge in [-0.25, -0.2) is 0 Å². The van der Waals surface area contributed by atoms with Crippen molar-refractivity contribution in [2.75, 3.05) is 20.2 Å². The van der Waals surface area contributed by atoms with Crippen LogP contribution in [-0.4, -0.2) is 37.0 Å². The van der Waals surface area contributed by atoms with E-state index in [1.54, 1.807) is 0 Å². The molecule has 1 aliphatic carbocycles. The van der Waals surface area contributed by atoms with Crippen LogP contribution in [-0.2, 0) is 14.3 Å².